The van der Waals surface area contributed by atoms with Crippen LogP contribution in [0.1, 0.15) is 35.6 Å². The summed E-state index contributed by atoms with van der Waals surface area (Å²) in [6, 6.07) is 20.4. The molecule has 4 nitrogen and oxygen atoms in total. The molecule has 31 heavy (non-hydrogen) atoms. The van der Waals surface area contributed by atoms with E-state index >= 15 is 0 Å². The van der Waals surface area contributed by atoms with E-state index < -0.39 is 6.10 Å². The van der Waals surface area contributed by atoms with E-state index in [9.17, 15) is 10.4 Å². The van der Waals surface area contributed by atoms with Crippen molar-refractivity contribution < 1.29 is 9.59 Å². The molecule has 3 aliphatic heterocycles. The first-order valence-corrected chi connectivity index (χ1v) is 11.1. The van der Waals surface area contributed by atoms with Crippen LogP contribution in [0.15, 0.2) is 73.4 Å². The van der Waals surface area contributed by atoms with Gasteiger partial charge in [0.05, 0.1) is 30.2 Å². The number of hydrogen-bond donors (Lipinski definition) is 1. The zero-order chi connectivity index (χ0) is 21.4. The minimum Gasteiger partial charge on any atom is -0.382 e. The van der Waals surface area contributed by atoms with E-state index in [0.717, 1.165) is 64.6 Å². The van der Waals surface area contributed by atoms with Crippen molar-refractivity contribution in [3.05, 3.63) is 90.1 Å². The van der Waals surface area contributed by atoms with Gasteiger partial charge in [0.2, 0.25) is 0 Å². The first kappa shape index (κ1) is 19.9. The lowest BCUT2D eigenvalue weighted by Gasteiger charge is -2.58. The molecule has 2 aromatic carbocycles. The molecule has 3 aliphatic rings. The second-order valence-corrected chi connectivity index (χ2v) is 9.17. The van der Waals surface area contributed by atoms with Gasteiger partial charge in [0.1, 0.15) is 18.7 Å². The molecule has 3 aromatic rings. The Hall–Kier alpha value is -3.00. The largest absolute Gasteiger partial charge is 0.382 e. The molecule has 3 fully saturated rings. The first-order chi connectivity index (χ1) is 15.1. The number of rotatable bonds is 5. The zero-order valence-electron chi connectivity index (χ0n) is 17.7. The zero-order valence-corrected chi connectivity index (χ0v) is 17.7. The van der Waals surface area contributed by atoms with E-state index in [2.05, 4.69) is 35.8 Å². The molecule has 2 bridgehead atoms. The minimum atomic E-state index is -0.573. The van der Waals surface area contributed by atoms with E-state index in [-0.39, 0.29) is 6.04 Å². The maximum Gasteiger partial charge on any atom is 0.131 e. The van der Waals surface area contributed by atoms with Crippen LogP contribution in [0.4, 0.5) is 0 Å². The quantitative estimate of drug-likeness (QED) is 0.488. The fraction of sp³-hybridized carbons (Fsp3) is 0.333. The maximum atomic E-state index is 11.8. The highest BCUT2D eigenvalue weighted by molar-refractivity contribution is 5.82. The molecule has 1 N–H and O–H groups in total. The molecule has 1 aromatic heterocycles. The van der Waals surface area contributed by atoms with E-state index in [0.29, 0.717) is 11.8 Å². The van der Waals surface area contributed by atoms with Crippen LogP contribution >= 0.6 is 0 Å². The van der Waals surface area contributed by atoms with Gasteiger partial charge in [-0.1, -0.05) is 42.5 Å². The van der Waals surface area contributed by atoms with Gasteiger partial charge >= 0.3 is 0 Å². The molecule has 3 saturated heterocycles. The maximum absolute atomic E-state index is 11.8. The molecule has 0 saturated carbocycles. The van der Waals surface area contributed by atoms with Crippen LogP contribution in [0, 0.1) is 23.2 Å². The number of para-hydroxylation sites is 1. The van der Waals surface area contributed by atoms with Crippen molar-refractivity contribution in [2.75, 3.05) is 13.1 Å². The van der Waals surface area contributed by atoms with Crippen LogP contribution < -0.4 is 0 Å². The fourth-order valence-electron chi connectivity index (χ4n) is 6.07. The van der Waals surface area contributed by atoms with Crippen molar-refractivity contribution in [2.24, 2.45) is 11.8 Å². The normalized spacial score (nSPS) is 28.2. The third kappa shape index (κ3) is 3.35. The number of fused-ring (bicyclic) bond motifs is 4. The number of nitriles is 1. The van der Waals surface area contributed by atoms with Gasteiger partial charge in [-0.2, -0.15) is 5.26 Å². The van der Waals surface area contributed by atoms with E-state index in [1.807, 2.05) is 42.5 Å². The van der Waals surface area contributed by atoms with E-state index in [1.165, 1.54) is 0 Å². The summed E-state index contributed by atoms with van der Waals surface area (Å²) in [4.78, 5) is 4.48. The van der Waals surface area contributed by atoms with Gasteiger partial charge in [-0.05, 0) is 29.7 Å². The smallest absolute Gasteiger partial charge is 0.131 e. The number of piperidine rings is 3. The van der Waals surface area contributed by atoms with Crippen molar-refractivity contribution in [1.29, 1.82) is 5.26 Å². The fourth-order valence-corrected chi connectivity index (χ4v) is 6.07. The SMILES string of the molecule is C=C[C@H]1C[N@+]2(Cc3ccccc3C#N)CC[C@H]1C[C@H]2[C@H](O)c1ccnc2ccccc12. The van der Waals surface area contributed by atoms with Crippen LogP contribution in [-0.4, -0.2) is 33.7 Å². The highest BCUT2D eigenvalue weighted by Crippen LogP contribution is 2.48. The Morgan fingerprint density at radius 2 is 2.00 bits per heavy atom. The molecular weight excluding hydrogens is 382 g/mol. The monoisotopic (exact) mass is 410 g/mol. The molecule has 0 aliphatic carbocycles. The minimum absolute atomic E-state index is 0.0903. The van der Waals surface area contributed by atoms with Crippen LogP contribution in [0.2, 0.25) is 0 Å². The number of quaternary nitrogens is 1. The molecule has 4 heterocycles. The van der Waals surface area contributed by atoms with Gasteiger partial charge in [0, 0.05) is 35.9 Å². The van der Waals surface area contributed by atoms with Crippen molar-refractivity contribution in [3.8, 4) is 6.07 Å². The standard InChI is InChI=1S/C27H28N3O/c1-2-19-17-30(18-22-8-4-3-7-21(22)16-28)14-12-20(19)15-26(30)27(31)24-11-13-29-25-10-6-5-9-23(24)25/h2-11,13,19-20,26-27,31H,1,12,14-15,17-18H2/q+1/t19-,20-,26-,27+,30-/m0/s1. The van der Waals surface area contributed by atoms with Crippen molar-refractivity contribution in [2.45, 2.75) is 31.5 Å². The van der Waals surface area contributed by atoms with Crippen LogP contribution in [0.5, 0.6) is 0 Å². The molecule has 0 radical (unpaired) electrons. The van der Waals surface area contributed by atoms with Gasteiger partial charge in [0.25, 0.3) is 0 Å². The molecule has 0 spiro atoms. The lowest BCUT2D eigenvalue weighted by atomic mass is 9.71. The Kier molecular flexibility index (Phi) is 5.09. The molecule has 4 heteroatoms. The van der Waals surface area contributed by atoms with E-state index in [1.54, 1.807) is 6.20 Å². The van der Waals surface area contributed by atoms with Crippen LogP contribution in [0.25, 0.3) is 10.9 Å². The number of benzene rings is 2. The van der Waals surface area contributed by atoms with Crippen molar-refractivity contribution in [1.82, 2.24) is 4.98 Å². The Morgan fingerprint density at radius 3 is 2.84 bits per heavy atom. The molecule has 6 rings (SSSR count). The Morgan fingerprint density at radius 1 is 1.19 bits per heavy atom. The molecular formula is C27H28N3O+. The number of hydrogen-bond acceptors (Lipinski definition) is 3. The first-order valence-electron chi connectivity index (χ1n) is 11.1. The van der Waals surface area contributed by atoms with Gasteiger partial charge in [-0.25, -0.2) is 0 Å². The molecule has 5 atom stereocenters. The second-order valence-electron chi connectivity index (χ2n) is 9.17. The Bertz CT molecular complexity index is 1160. The summed E-state index contributed by atoms with van der Waals surface area (Å²) < 4.78 is 0.809. The topological polar surface area (TPSA) is 56.9 Å². The van der Waals surface area contributed by atoms with E-state index in [4.69, 9.17) is 0 Å². The Labute approximate surface area is 183 Å². The highest BCUT2D eigenvalue weighted by atomic mass is 16.3. The van der Waals surface area contributed by atoms with Crippen molar-refractivity contribution >= 4 is 10.9 Å². The summed E-state index contributed by atoms with van der Waals surface area (Å²) in [5.41, 5.74) is 3.69. The second kappa shape index (κ2) is 7.92. The van der Waals surface area contributed by atoms with Crippen LogP contribution in [-0.2, 0) is 6.54 Å². The third-order valence-electron chi connectivity index (χ3n) is 7.66. The van der Waals surface area contributed by atoms with Gasteiger partial charge < -0.3 is 9.59 Å². The number of aliphatic hydroxyl groups excluding tert-OH is 1. The summed E-state index contributed by atoms with van der Waals surface area (Å²) in [6.07, 6.45) is 5.46. The average molecular weight is 411 g/mol. The average Bonchev–Trinajstić information content (AvgIpc) is 2.83. The number of aromatic nitrogens is 1. The molecule has 0 amide bonds. The van der Waals surface area contributed by atoms with Gasteiger partial charge in [0.15, 0.2) is 0 Å². The summed E-state index contributed by atoms with van der Waals surface area (Å²) in [7, 11) is 0. The van der Waals surface area contributed by atoms with Gasteiger partial charge in [-0.3, -0.25) is 4.98 Å². The number of aliphatic hydroxyl groups is 1. The summed E-state index contributed by atoms with van der Waals surface area (Å²) in [5, 5.41) is 22.4. The summed E-state index contributed by atoms with van der Waals surface area (Å²) >= 11 is 0. The van der Waals surface area contributed by atoms with Gasteiger partial charge in [-0.15, -0.1) is 6.58 Å². The predicted octanol–water partition coefficient (Wildman–Crippen LogP) is 4.75. The molecule has 156 valence electrons. The third-order valence-corrected chi connectivity index (χ3v) is 7.66. The summed E-state index contributed by atoms with van der Waals surface area (Å²) in [6.45, 7) is 6.88. The Balaban J connectivity index is 1.58. The van der Waals surface area contributed by atoms with Crippen LogP contribution in [0.3, 0.4) is 0 Å². The summed E-state index contributed by atoms with van der Waals surface area (Å²) in [5.74, 6) is 1.03. The number of pyridine rings is 1. The lowest BCUT2D eigenvalue weighted by Crippen LogP contribution is -2.67. The number of nitrogens with zero attached hydrogens (tertiary/aromatic N) is 3. The highest BCUT2D eigenvalue weighted by Gasteiger charge is 2.54. The lowest BCUT2D eigenvalue weighted by molar-refractivity contribution is -0.985. The molecule has 0 unspecified atom stereocenters. The van der Waals surface area contributed by atoms with Crippen molar-refractivity contribution in [3.63, 3.8) is 0 Å². The predicted molar refractivity (Wildman–Crippen MR) is 122 cm³/mol.